The zero-order valence-corrected chi connectivity index (χ0v) is 13.2. The number of methoxy groups -OCH3 is 1. The first-order valence-electron chi connectivity index (χ1n) is 7.82. The van der Waals surface area contributed by atoms with E-state index in [1.54, 1.807) is 7.11 Å². The molecule has 4 nitrogen and oxygen atoms in total. The van der Waals surface area contributed by atoms with Gasteiger partial charge in [0.1, 0.15) is 0 Å². The van der Waals surface area contributed by atoms with Gasteiger partial charge in [-0.15, -0.1) is 0 Å². The molecule has 0 aliphatic heterocycles. The fourth-order valence-corrected chi connectivity index (χ4v) is 2.88. The Kier molecular flexibility index (Phi) is 5.62. The number of carbonyl (C=O) groups is 1. The summed E-state index contributed by atoms with van der Waals surface area (Å²) in [5.41, 5.74) is 3.09. The molecule has 1 aromatic carbocycles. The van der Waals surface area contributed by atoms with Crippen LogP contribution in [-0.2, 0) is 9.53 Å². The molecule has 1 amide bonds. The van der Waals surface area contributed by atoms with Crippen molar-refractivity contribution in [2.45, 2.75) is 58.1 Å². The molecule has 2 rings (SSSR count). The van der Waals surface area contributed by atoms with Gasteiger partial charge in [-0.05, 0) is 50.3 Å². The van der Waals surface area contributed by atoms with E-state index in [4.69, 9.17) is 4.74 Å². The Bertz CT molecular complexity index is 488. The molecule has 4 heteroatoms. The third-order valence-corrected chi connectivity index (χ3v) is 4.25. The van der Waals surface area contributed by atoms with Gasteiger partial charge >= 0.3 is 0 Å². The molecule has 0 aromatic heterocycles. The highest BCUT2D eigenvalue weighted by Crippen LogP contribution is 2.28. The molecule has 1 aliphatic rings. The smallest absolute Gasteiger partial charge is 0.224 e. The highest BCUT2D eigenvalue weighted by Gasteiger charge is 2.22. The topological polar surface area (TPSA) is 50.4 Å². The number of anilines is 2. The minimum Gasteiger partial charge on any atom is -0.382 e. The molecule has 1 fully saturated rings. The zero-order chi connectivity index (χ0) is 15.2. The average molecular weight is 290 g/mol. The van der Waals surface area contributed by atoms with E-state index < -0.39 is 0 Å². The molecule has 2 atom stereocenters. The van der Waals surface area contributed by atoms with Crippen molar-refractivity contribution in [1.29, 1.82) is 0 Å². The zero-order valence-electron chi connectivity index (χ0n) is 13.2. The molecule has 116 valence electrons. The summed E-state index contributed by atoms with van der Waals surface area (Å²) in [4.78, 5) is 11.6. The lowest BCUT2D eigenvalue weighted by atomic mass is 9.92. The minimum absolute atomic E-state index is 0.0485. The summed E-state index contributed by atoms with van der Waals surface area (Å²) in [6.45, 7) is 3.91. The molecule has 21 heavy (non-hydrogen) atoms. The van der Waals surface area contributed by atoms with Gasteiger partial charge in [-0.2, -0.15) is 0 Å². The second-order valence-electron chi connectivity index (χ2n) is 5.75. The van der Waals surface area contributed by atoms with Gasteiger partial charge in [0.05, 0.1) is 6.10 Å². The van der Waals surface area contributed by atoms with Gasteiger partial charge < -0.3 is 15.4 Å². The lowest BCUT2D eigenvalue weighted by Gasteiger charge is -2.30. The number of rotatable bonds is 5. The number of hydrogen-bond acceptors (Lipinski definition) is 3. The Balaban J connectivity index is 2.06. The third-order valence-electron chi connectivity index (χ3n) is 4.25. The molecule has 0 bridgehead atoms. The molecule has 0 spiro atoms. The summed E-state index contributed by atoms with van der Waals surface area (Å²) < 4.78 is 5.48. The van der Waals surface area contributed by atoms with Gasteiger partial charge in [-0.3, -0.25) is 4.79 Å². The number of ether oxygens (including phenoxy) is 1. The van der Waals surface area contributed by atoms with E-state index in [-0.39, 0.29) is 5.91 Å². The quantitative estimate of drug-likeness (QED) is 0.869. The standard InChI is InChI=1S/C17H26N2O2/c1-4-17(20)19-16-10-6-9-15(12(16)2)18-13-7-5-8-14(11-13)21-3/h6,9-10,13-14,18H,4-5,7-8,11H2,1-3H3,(H,19,20). The van der Waals surface area contributed by atoms with Crippen molar-refractivity contribution in [3.05, 3.63) is 23.8 Å². The first-order valence-corrected chi connectivity index (χ1v) is 7.82. The summed E-state index contributed by atoms with van der Waals surface area (Å²) in [6.07, 6.45) is 5.42. The van der Waals surface area contributed by atoms with Crippen LogP contribution in [-0.4, -0.2) is 25.2 Å². The Morgan fingerprint density at radius 1 is 1.33 bits per heavy atom. The Morgan fingerprint density at radius 2 is 2.10 bits per heavy atom. The van der Waals surface area contributed by atoms with Crippen molar-refractivity contribution in [3.63, 3.8) is 0 Å². The summed E-state index contributed by atoms with van der Waals surface area (Å²) in [7, 11) is 1.79. The molecule has 1 aliphatic carbocycles. The molecule has 1 saturated carbocycles. The maximum Gasteiger partial charge on any atom is 0.224 e. The van der Waals surface area contributed by atoms with E-state index in [1.807, 2.05) is 26.0 Å². The van der Waals surface area contributed by atoms with Crippen LogP contribution in [0.4, 0.5) is 11.4 Å². The van der Waals surface area contributed by atoms with Crippen molar-refractivity contribution in [1.82, 2.24) is 0 Å². The highest BCUT2D eigenvalue weighted by molar-refractivity contribution is 5.92. The highest BCUT2D eigenvalue weighted by atomic mass is 16.5. The second kappa shape index (κ2) is 7.46. The Labute approximate surface area is 127 Å². The number of carbonyl (C=O) groups excluding carboxylic acids is 1. The first kappa shape index (κ1) is 15.8. The van der Waals surface area contributed by atoms with Gasteiger partial charge in [0.2, 0.25) is 5.91 Å². The van der Waals surface area contributed by atoms with Crippen LogP contribution in [0.1, 0.15) is 44.6 Å². The predicted molar refractivity (Wildman–Crippen MR) is 86.8 cm³/mol. The predicted octanol–water partition coefficient (Wildman–Crippen LogP) is 3.71. The fourth-order valence-electron chi connectivity index (χ4n) is 2.88. The van der Waals surface area contributed by atoms with E-state index in [2.05, 4.69) is 16.7 Å². The summed E-state index contributed by atoms with van der Waals surface area (Å²) >= 11 is 0. The van der Waals surface area contributed by atoms with Gasteiger partial charge in [-0.1, -0.05) is 13.0 Å². The lowest BCUT2D eigenvalue weighted by molar-refractivity contribution is -0.115. The van der Waals surface area contributed by atoms with Gasteiger partial charge in [0.25, 0.3) is 0 Å². The minimum atomic E-state index is 0.0485. The van der Waals surface area contributed by atoms with Crippen LogP contribution < -0.4 is 10.6 Å². The number of nitrogens with one attached hydrogen (secondary N) is 2. The molecular formula is C17H26N2O2. The van der Waals surface area contributed by atoms with Crippen molar-refractivity contribution in [2.75, 3.05) is 17.7 Å². The molecule has 0 radical (unpaired) electrons. The van der Waals surface area contributed by atoms with E-state index in [0.717, 1.165) is 29.8 Å². The second-order valence-corrected chi connectivity index (χ2v) is 5.75. The number of hydrogen-bond donors (Lipinski definition) is 2. The number of benzene rings is 1. The molecule has 2 N–H and O–H groups in total. The largest absolute Gasteiger partial charge is 0.382 e. The first-order chi connectivity index (χ1) is 10.1. The molecule has 0 saturated heterocycles. The monoisotopic (exact) mass is 290 g/mol. The Morgan fingerprint density at radius 3 is 2.81 bits per heavy atom. The van der Waals surface area contributed by atoms with Crippen molar-refractivity contribution in [2.24, 2.45) is 0 Å². The van der Waals surface area contributed by atoms with Crippen molar-refractivity contribution in [3.8, 4) is 0 Å². The van der Waals surface area contributed by atoms with Crippen LogP contribution in [0.15, 0.2) is 18.2 Å². The van der Waals surface area contributed by atoms with Gasteiger partial charge in [0.15, 0.2) is 0 Å². The van der Waals surface area contributed by atoms with Gasteiger partial charge in [0, 0.05) is 30.9 Å². The molecule has 2 unspecified atom stereocenters. The van der Waals surface area contributed by atoms with Crippen LogP contribution >= 0.6 is 0 Å². The average Bonchev–Trinajstić information content (AvgIpc) is 2.51. The van der Waals surface area contributed by atoms with Crippen LogP contribution in [0.3, 0.4) is 0 Å². The summed E-state index contributed by atoms with van der Waals surface area (Å²) in [5, 5.41) is 6.57. The SMILES string of the molecule is CCC(=O)Nc1cccc(NC2CCCC(OC)C2)c1C. The summed E-state index contributed by atoms with van der Waals surface area (Å²) in [5.74, 6) is 0.0485. The third kappa shape index (κ3) is 4.21. The van der Waals surface area contributed by atoms with Crippen LogP contribution in [0, 0.1) is 6.92 Å². The lowest BCUT2D eigenvalue weighted by Crippen LogP contribution is -2.31. The Hall–Kier alpha value is -1.55. The van der Waals surface area contributed by atoms with E-state index in [1.165, 1.54) is 12.8 Å². The maximum absolute atomic E-state index is 11.6. The number of amides is 1. The van der Waals surface area contributed by atoms with E-state index >= 15 is 0 Å². The maximum atomic E-state index is 11.6. The van der Waals surface area contributed by atoms with Crippen LogP contribution in [0.2, 0.25) is 0 Å². The molecule has 0 heterocycles. The van der Waals surface area contributed by atoms with E-state index in [9.17, 15) is 4.79 Å². The van der Waals surface area contributed by atoms with Crippen LogP contribution in [0.25, 0.3) is 0 Å². The summed E-state index contributed by atoms with van der Waals surface area (Å²) in [6, 6.07) is 6.46. The van der Waals surface area contributed by atoms with E-state index in [0.29, 0.717) is 18.6 Å². The fraction of sp³-hybridized carbons (Fsp3) is 0.588. The van der Waals surface area contributed by atoms with Gasteiger partial charge in [-0.25, -0.2) is 0 Å². The van der Waals surface area contributed by atoms with Crippen molar-refractivity contribution >= 4 is 17.3 Å². The molecular weight excluding hydrogens is 264 g/mol. The van der Waals surface area contributed by atoms with Crippen molar-refractivity contribution < 1.29 is 9.53 Å². The van der Waals surface area contributed by atoms with Crippen LogP contribution in [0.5, 0.6) is 0 Å². The molecule has 1 aromatic rings. The normalized spacial score (nSPS) is 21.9.